The summed E-state index contributed by atoms with van der Waals surface area (Å²) in [4.78, 5) is 4.45. The van der Waals surface area contributed by atoms with Gasteiger partial charge in [-0.25, -0.2) is 0 Å². The number of rotatable bonds is 1. The fraction of sp³-hybridized carbons (Fsp3) is 0.583. The van der Waals surface area contributed by atoms with Crippen LogP contribution in [-0.4, -0.2) is 4.98 Å². The predicted octanol–water partition coefficient (Wildman–Crippen LogP) is 2.91. The van der Waals surface area contributed by atoms with Crippen LogP contribution in [-0.2, 0) is 19.3 Å². The molecule has 2 rings (SSSR count). The zero-order valence-electron chi connectivity index (χ0n) is 8.34. The molecule has 1 aliphatic carbocycles. The summed E-state index contributed by atoms with van der Waals surface area (Å²) >= 11 is 0. The number of aromatic nitrogens is 1. The summed E-state index contributed by atoms with van der Waals surface area (Å²) in [6, 6.07) is 2.31. The van der Waals surface area contributed by atoms with E-state index in [-0.39, 0.29) is 0 Å². The highest BCUT2D eigenvalue weighted by Crippen LogP contribution is 2.20. The summed E-state index contributed by atoms with van der Waals surface area (Å²) in [7, 11) is 0. The Hall–Kier alpha value is -0.850. The molecule has 1 heterocycles. The first-order valence-electron chi connectivity index (χ1n) is 5.37. The van der Waals surface area contributed by atoms with Gasteiger partial charge in [-0.1, -0.05) is 13.3 Å². The number of fused-ring (bicyclic) bond motifs is 1. The normalized spacial score (nSPS) is 16.4. The van der Waals surface area contributed by atoms with Crippen molar-refractivity contribution in [3.63, 3.8) is 0 Å². The van der Waals surface area contributed by atoms with Crippen molar-refractivity contribution < 1.29 is 0 Å². The van der Waals surface area contributed by atoms with E-state index in [9.17, 15) is 0 Å². The lowest BCUT2D eigenvalue weighted by Gasteiger charge is -2.06. The molecule has 1 aromatic heterocycles. The molecule has 1 heteroatoms. The zero-order chi connectivity index (χ0) is 9.10. The van der Waals surface area contributed by atoms with E-state index in [2.05, 4.69) is 24.2 Å². The Bertz CT molecular complexity index is 291. The van der Waals surface area contributed by atoms with Gasteiger partial charge in [-0.3, -0.25) is 4.98 Å². The van der Waals surface area contributed by atoms with Gasteiger partial charge in [0.05, 0.1) is 0 Å². The van der Waals surface area contributed by atoms with Crippen molar-refractivity contribution in [2.75, 3.05) is 0 Å². The molecule has 0 unspecified atom stereocenters. The minimum Gasteiger partial charge on any atom is -0.261 e. The van der Waals surface area contributed by atoms with Crippen molar-refractivity contribution >= 4 is 0 Å². The van der Waals surface area contributed by atoms with Crippen LogP contribution in [0.4, 0.5) is 0 Å². The molecular weight excluding hydrogens is 158 g/mol. The Morgan fingerprint density at radius 1 is 1.15 bits per heavy atom. The first kappa shape index (κ1) is 8.74. The van der Waals surface area contributed by atoms with Crippen LogP contribution < -0.4 is 0 Å². The Balaban J connectivity index is 2.32. The second-order valence-corrected chi connectivity index (χ2v) is 3.86. The number of aryl methyl sites for hydroxylation is 3. The molecule has 0 aliphatic heterocycles. The van der Waals surface area contributed by atoms with Gasteiger partial charge < -0.3 is 0 Å². The van der Waals surface area contributed by atoms with Crippen LogP contribution in [0.2, 0.25) is 0 Å². The molecule has 1 aliphatic rings. The number of pyridine rings is 1. The van der Waals surface area contributed by atoms with Crippen LogP contribution in [0.25, 0.3) is 0 Å². The van der Waals surface area contributed by atoms with E-state index < -0.39 is 0 Å². The second-order valence-electron chi connectivity index (χ2n) is 3.86. The summed E-state index contributed by atoms with van der Waals surface area (Å²) in [6.45, 7) is 2.17. The van der Waals surface area contributed by atoms with Crippen molar-refractivity contribution in [3.05, 3.63) is 29.1 Å². The van der Waals surface area contributed by atoms with Crippen molar-refractivity contribution in [2.24, 2.45) is 0 Å². The maximum Gasteiger partial charge on any atom is 0.0403 e. The Morgan fingerprint density at radius 3 is 2.69 bits per heavy atom. The van der Waals surface area contributed by atoms with Crippen molar-refractivity contribution in [1.29, 1.82) is 0 Å². The predicted molar refractivity (Wildman–Crippen MR) is 54.9 cm³/mol. The van der Waals surface area contributed by atoms with Gasteiger partial charge in [0, 0.05) is 11.9 Å². The van der Waals surface area contributed by atoms with E-state index in [1.165, 1.54) is 43.4 Å². The molecule has 13 heavy (non-hydrogen) atoms. The highest BCUT2D eigenvalue weighted by Gasteiger charge is 2.08. The number of hydrogen-bond acceptors (Lipinski definition) is 1. The molecule has 1 aromatic rings. The van der Waals surface area contributed by atoms with Crippen LogP contribution in [0.3, 0.4) is 0 Å². The van der Waals surface area contributed by atoms with E-state index in [0.717, 1.165) is 6.42 Å². The van der Waals surface area contributed by atoms with E-state index in [1.54, 1.807) is 5.56 Å². The van der Waals surface area contributed by atoms with E-state index in [4.69, 9.17) is 0 Å². The van der Waals surface area contributed by atoms with E-state index in [0.29, 0.717) is 0 Å². The van der Waals surface area contributed by atoms with Crippen LogP contribution in [0.1, 0.15) is 43.0 Å². The molecule has 70 valence electrons. The SMILES string of the molecule is CCc1cc2c(cn1)CCCCC2. The molecule has 0 saturated carbocycles. The minimum absolute atomic E-state index is 1.06. The summed E-state index contributed by atoms with van der Waals surface area (Å²) < 4.78 is 0. The van der Waals surface area contributed by atoms with E-state index >= 15 is 0 Å². The topological polar surface area (TPSA) is 12.9 Å². The zero-order valence-corrected chi connectivity index (χ0v) is 8.34. The molecule has 0 spiro atoms. The van der Waals surface area contributed by atoms with Gasteiger partial charge in [0.1, 0.15) is 0 Å². The maximum absolute atomic E-state index is 4.45. The Morgan fingerprint density at radius 2 is 1.92 bits per heavy atom. The smallest absolute Gasteiger partial charge is 0.0403 e. The largest absolute Gasteiger partial charge is 0.261 e. The fourth-order valence-corrected chi connectivity index (χ4v) is 2.03. The van der Waals surface area contributed by atoms with Crippen molar-refractivity contribution in [2.45, 2.75) is 45.4 Å². The van der Waals surface area contributed by atoms with Gasteiger partial charge in [-0.2, -0.15) is 0 Å². The highest BCUT2D eigenvalue weighted by atomic mass is 14.7. The first-order valence-corrected chi connectivity index (χ1v) is 5.37. The third-order valence-corrected chi connectivity index (χ3v) is 2.89. The lowest BCUT2D eigenvalue weighted by Crippen LogP contribution is -1.96. The van der Waals surface area contributed by atoms with Crippen LogP contribution in [0.15, 0.2) is 12.3 Å². The quantitative estimate of drug-likeness (QED) is 0.598. The average Bonchev–Trinajstić information content (AvgIpc) is 2.41. The molecule has 0 N–H and O–H groups in total. The lowest BCUT2D eigenvalue weighted by atomic mass is 10.0. The third kappa shape index (κ3) is 1.90. The van der Waals surface area contributed by atoms with Crippen LogP contribution >= 0.6 is 0 Å². The standard InChI is InChI=1S/C12H17N/c1-2-12-8-10-6-4-3-5-7-11(10)9-13-12/h8-9H,2-7H2,1H3. The molecule has 0 amide bonds. The lowest BCUT2D eigenvalue weighted by molar-refractivity contribution is 0.711. The number of nitrogens with zero attached hydrogens (tertiary/aromatic N) is 1. The minimum atomic E-state index is 1.06. The van der Waals surface area contributed by atoms with Gasteiger partial charge in [-0.15, -0.1) is 0 Å². The average molecular weight is 175 g/mol. The monoisotopic (exact) mass is 175 g/mol. The maximum atomic E-state index is 4.45. The molecule has 0 bridgehead atoms. The molecule has 0 fully saturated rings. The molecule has 0 aromatic carbocycles. The molecule has 0 saturated heterocycles. The first-order chi connectivity index (χ1) is 6.40. The second kappa shape index (κ2) is 3.91. The summed E-state index contributed by atoms with van der Waals surface area (Å²) in [5.41, 5.74) is 4.31. The summed E-state index contributed by atoms with van der Waals surface area (Å²) in [5.74, 6) is 0. The molecular formula is C12H17N. The van der Waals surface area contributed by atoms with Gasteiger partial charge in [0.2, 0.25) is 0 Å². The van der Waals surface area contributed by atoms with E-state index in [1.807, 2.05) is 0 Å². The number of hydrogen-bond donors (Lipinski definition) is 0. The van der Waals surface area contributed by atoms with Gasteiger partial charge in [0.15, 0.2) is 0 Å². The highest BCUT2D eigenvalue weighted by molar-refractivity contribution is 5.27. The molecule has 1 nitrogen and oxygen atoms in total. The third-order valence-electron chi connectivity index (χ3n) is 2.89. The van der Waals surface area contributed by atoms with Crippen molar-refractivity contribution in [3.8, 4) is 0 Å². The van der Waals surface area contributed by atoms with Crippen molar-refractivity contribution in [1.82, 2.24) is 4.98 Å². The summed E-state index contributed by atoms with van der Waals surface area (Å²) in [5, 5.41) is 0. The summed E-state index contributed by atoms with van der Waals surface area (Å²) in [6.07, 6.45) is 9.76. The van der Waals surface area contributed by atoms with Crippen LogP contribution in [0.5, 0.6) is 0 Å². The fourth-order valence-electron chi connectivity index (χ4n) is 2.03. The van der Waals surface area contributed by atoms with Crippen LogP contribution in [0, 0.1) is 0 Å². The molecule has 0 atom stereocenters. The Labute approximate surface area is 80.2 Å². The Kier molecular flexibility index (Phi) is 2.62. The molecule has 0 radical (unpaired) electrons. The van der Waals surface area contributed by atoms with Gasteiger partial charge in [0.25, 0.3) is 0 Å². The van der Waals surface area contributed by atoms with Gasteiger partial charge >= 0.3 is 0 Å². The van der Waals surface area contributed by atoms with Gasteiger partial charge in [-0.05, 0) is 49.3 Å².